The Morgan fingerprint density at radius 3 is 3.12 bits per heavy atom. The Kier molecular flexibility index (Phi) is 2.33. The number of hydrogen-bond donors (Lipinski definition) is 1. The van der Waals surface area contributed by atoms with Gasteiger partial charge in [0, 0.05) is 0 Å². The molecule has 2 nitrogen and oxygen atoms in total. The molecular weight excluding hydrogens is 218 g/mol. The summed E-state index contributed by atoms with van der Waals surface area (Å²) in [6.07, 6.45) is 0. The van der Waals surface area contributed by atoms with E-state index in [1.54, 1.807) is 11.3 Å². The molecule has 3 rings (SSSR count). The van der Waals surface area contributed by atoms with Gasteiger partial charge in [-0.05, 0) is 47.0 Å². The summed E-state index contributed by atoms with van der Waals surface area (Å²) in [4.78, 5) is 0. The largest absolute Gasteiger partial charge is 0.489 e. The van der Waals surface area contributed by atoms with Gasteiger partial charge < -0.3 is 10.1 Å². The Morgan fingerprint density at radius 2 is 2.31 bits per heavy atom. The molecule has 0 aliphatic carbocycles. The summed E-state index contributed by atoms with van der Waals surface area (Å²) in [6.45, 7) is 2.79. The summed E-state index contributed by atoms with van der Waals surface area (Å²) < 4.78 is 5.76. The minimum Gasteiger partial charge on any atom is -0.489 e. The number of anilines is 1. The molecule has 1 aromatic heterocycles. The van der Waals surface area contributed by atoms with Crippen LogP contribution >= 0.6 is 11.3 Å². The highest BCUT2D eigenvalue weighted by atomic mass is 32.1. The van der Waals surface area contributed by atoms with E-state index in [0.717, 1.165) is 11.4 Å². The van der Waals surface area contributed by atoms with Crippen LogP contribution in [0.4, 0.5) is 5.69 Å². The Labute approximate surface area is 98.9 Å². The van der Waals surface area contributed by atoms with E-state index in [1.165, 1.54) is 11.1 Å². The fraction of sp³-hybridized carbons (Fsp3) is 0.231. The van der Waals surface area contributed by atoms with E-state index in [1.807, 2.05) is 6.07 Å². The average Bonchev–Trinajstić information content (AvgIpc) is 2.81. The molecule has 3 heteroatoms. The van der Waals surface area contributed by atoms with Crippen molar-refractivity contribution < 1.29 is 4.74 Å². The van der Waals surface area contributed by atoms with Crippen LogP contribution in [0.15, 0.2) is 35.0 Å². The third-order valence-corrected chi connectivity index (χ3v) is 3.52. The second kappa shape index (κ2) is 3.83. The average molecular weight is 231 g/mol. The van der Waals surface area contributed by atoms with Gasteiger partial charge >= 0.3 is 0 Å². The number of hydrogen-bond acceptors (Lipinski definition) is 3. The smallest absolute Gasteiger partial charge is 0.142 e. The van der Waals surface area contributed by atoms with Crippen LogP contribution in [0, 0.1) is 6.92 Å². The number of ether oxygens (including phenoxy) is 1. The van der Waals surface area contributed by atoms with Crippen molar-refractivity contribution in [3.8, 4) is 5.75 Å². The van der Waals surface area contributed by atoms with Gasteiger partial charge in [0.2, 0.25) is 0 Å². The zero-order valence-electron chi connectivity index (χ0n) is 9.07. The van der Waals surface area contributed by atoms with Crippen LogP contribution in [0.2, 0.25) is 0 Å². The Hall–Kier alpha value is -1.48. The molecular formula is C13H13NOS. The standard InChI is InChI=1S/C13H13NOS/c1-9-2-3-13-11(6-9)14-12(7-15-13)10-4-5-16-8-10/h2-6,8,12,14H,7H2,1H3. The number of thiophene rings is 1. The van der Waals surface area contributed by atoms with Crippen molar-refractivity contribution in [1.29, 1.82) is 0 Å². The maximum atomic E-state index is 5.76. The first-order valence-corrected chi connectivity index (χ1v) is 6.29. The van der Waals surface area contributed by atoms with Gasteiger partial charge in [0.25, 0.3) is 0 Å². The lowest BCUT2D eigenvalue weighted by atomic mass is 10.1. The molecule has 1 unspecified atom stereocenters. The summed E-state index contributed by atoms with van der Waals surface area (Å²) in [5.41, 5.74) is 3.65. The van der Waals surface area contributed by atoms with Crippen LogP contribution in [0.5, 0.6) is 5.75 Å². The normalized spacial score (nSPS) is 18.4. The van der Waals surface area contributed by atoms with Gasteiger partial charge in [-0.15, -0.1) is 0 Å². The molecule has 0 spiro atoms. The molecule has 0 radical (unpaired) electrons. The highest BCUT2D eigenvalue weighted by molar-refractivity contribution is 7.08. The molecule has 0 saturated carbocycles. The topological polar surface area (TPSA) is 21.3 Å². The first kappa shape index (κ1) is 9.73. The van der Waals surface area contributed by atoms with E-state index in [9.17, 15) is 0 Å². The molecule has 1 aliphatic heterocycles. The maximum Gasteiger partial charge on any atom is 0.142 e. The summed E-state index contributed by atoms with van der Waals surface area (Å²) in [5.74, 6) is 0.956. The highest BCUT2D eigenvalue weighted by Crippen LogP contribution is 2.34. The molecule has 0 bridgehead atoms. The van der Waals surface area contributed by atoms with Crippen molar-refractivity contribution in [3.05, 3.63) is 46.2 Å². The zero-order chi connectivity index (χ0) is 11.0. The van der Waals surface area contributed by atoms with Gasteiger partial charge in [-0.2, -0.15) is 11.3 Å². The van der Waals surface area contributed by atoms with Crippen molar-refractivity contribution in [1.82, 2.24) is 0 Å². The molecule has 2 heterocycles. The van der Waals surface area contributed by atoms with Crippen LogP contribution in [0.3, 0.4) is 0 Å². The number of fused-ring (bicyclic) bond motifs is 1. The first-order valence-electron chi connectivity index (χ1n) is 5.35. The minimum absolute atomic E-state index is 0.278. The summed E-state index contributed by atoms with van der Waals surface area (Å²) in [6, 6.07) is 8.66. The molecule has 0 amide bonds. The van der Waals surface area contributed by atoms with E-state index in [-0.39, 0.29) is 6.04 Å². The fourth-order valence-corrected chi connectivity index (χ4v) is 2.65. The predicted octanol–water partition coefficient (Wildman–Crippen LogP) is 3.60. The monoisotopic (exact) mass is 231 g/mol. The van der Waals surface area contributed by atoms with Crippen molar-refractivity contribution in [3.63, 3.8) is 0 Å². The number of aryl methyl sites for hydroxylation is 1. The molecule has 0 fully saturated rings. The molecule has 1 aromatic carbocycles. The number of benzene rings is 1. The lowest BCUT2D eigenvalue weighted by Gasteiger charge is -2.27. The Morgan fingerprint density at radius 1 is 1.38 bits per heavy atom. The first-order chi connectivity index (χ1) is 7.83. The Balaban J connectivity index is 1.91. The van der Waals surface area contributed by atoms with Gasteiger partial charge in [-0.25, -0.2) is 0 Å². The zero-order valence-corrected chi connectivity index (χ0v) is 9.88. The second-order valence-corrected chi connectivity index (χ2v) is 4.84. The predicted molar refractivity (Wildman–Crippen MR) is 67.4 cm³/mol. The molecule has 1 aliphatic rings. The van der Waals surface area contributed by atoms with Crippen LogP contribution in [0.25, 0.3) is 0 Å². The van der Waals surface area contributed by atoms with Crippen LogP contribution in [-0.2, 0) is 0 Å². The third kappa shape index (κ3) is 1.67. The van der Waals surface area contributed by atoms with E-state index >= 15 is 0 Å². The second-order valence-electron chi connectivity index (χ2n) is 4.06. The van der Waals surface area contributed by atoms with Crippen molar-refractivity contribution >= 4 is 17.0 Å². The van der Waals surface area contributed by atoms with Gasteiger partial charge in [-0.3, -0.25) is 0 Å². The van der Waals surface area contributed by atoms with Crippen LogP contribution in [0.1, 0.15) is 17.2 Å². The summed E-state index contributed by atoms with van der Waals surface area (Å²) in [7, 11) is 0. The maximum absolute atomic E-state index is 5.76. The summed E-state index contributed by atoms with van der Waals surface area (Å²) in [5, 5.41) is 7.79. The van der Waals surface area contributed by atoms with Gasteiger partial charge in [0.05, 0.1) is 11.7 Å². The quantitative estimate of drug-likeness (QED) is 0.809. The molecule has 1 atom stereocenters. The van der Waals surface area contributed by atoms with Crippen LogP contribution in [-0.4, -0.2) is 6.61 Å². The number of rotatable bonds is 1. The molecule has 82 valence electrons. The van der Waals surface area contributed by atoms with E-state index in [2.05, 4.69) is 41.2 Å². The molecule has 0 saturated heterocycles. The van der Waals surface area contributed by atoms with Gasteiger partial charge in [0.15, 0.2) is 0 Å². The Bertz CT molecular complexity index is 493. The number of nitrogens with one attached hydrogen (secondary N) is 1. The fourth-order valence-electron chi connectivity index (χ4n) is 1.94. The van der Waals surface area contributed by atoms with Gasteiger partial charge in [0.1, 0.15) is 12.4 Å². The van der Waals surface area contributed by atoms with Crippen LogP contribution < -0.4 is 10.1 Å². The highest BCUT2D eigenvalue weighted by Gasteiger charge is 2.20. The lowest BCUT2D eigenvalue weighted by molar-refractivity contribution is 0.286. The van der Waals surface area contributed by atoms with E-state index < -0.39 is 0 Å². The summed E-state index contributed by atoms with van der Waals surface area (Å²) >= 11 is 1.72. The van der Waals surface area contributed by atoms with Crippen molar-refractivity contribution in [2.75, 3.05) is 11.9 Å². The van der Waals surface area contributed by atoms with E-state index in [0.29, 0.717) is 6.61 Å². The van der Waals surface area contributed by atoms with E-state index in [4.69, 9.17) is 4.74 Å². The van der Waals surface area contributed by atoms with Crippen molar-refractivity contribution in [2.24, 2.45) is 0 Å². The lowest BCUT2D eigenvalue weighted by Crippen LogP contribution is -2.23. The SMILES string of the molecule is Cc1ccc2c(c1)NC(c1ccsc1)CO2. The minimum atomic E-state index is 0.278. The molecule has 1 N–H and O–H groups in total. The molecule has 16 heavy (non-hydrogen) atoms. The van der Waals surface area contributed by atoms with Crippen molar-refractivity contribution in [2.45, 2.75) is 13.0 Å². The van der Waals surface area contributed by atoms with Gasteiger partial charge in [-0.1, -0.05) is 6.07 Å². The molecule has 2 aromatic rings. The third-order valence-electron chi connectivity index (χ3n) is 2.82.